The molecule has 0 fully saturated rings. The summed E-state index contributed by atoms with van der Waals surface area (Å²) in [6.45, 7) is 0.151. The van der Waals surface area contributed by atoms with E-state index < -0.39 is 6.04 Å². The first-order valence-electron chi connectivity index (χ1n) is 6.21. The Labute approximate surface area is 112 Å². The van der Waals surface area contributed by atoms with Crippen LogP contribution in [0.4, 0.5) is 0 Å². The second kappa shape index (κ2) is 5.82. The van der Waals surface area contributed by atoms with Gasteiger partial charge in [0.25, 0.3) is 0 Å². The first-order chi connectivity index (χ1) is 9.11. The second-order valence-corrected chi connectivity index (χ2v) is 4.66. The van der Waals surface area contributed by atoms with Gasteiger partial charge in [0.1, 0.15) is 6.04 Å². The summed E-state index contributed by atoms with van der Waals surface area (Å²) < 4.78 is 0. The van der Waals surface area contributed by atoms with Gasteiger partial charge in [-0.15, -0.1) is 0 Å². The molecule has 0 aromatic heterocycles. The Bertz CT molecular complexity index is 583. The molecule has 0 aliphatic heterocycles. The standard InChI is InChI=1S/C15H18N2O2/c1-17(15(19)14(16)10-18)9-11-6-7-12-4-2-3-5-13(12)8-11/h2-8,14,18H,9-10,16H2,1H3. The van der Waals surface area contributed by atoms with Crippen LogP contribution in [-0.4, -0.2) is 35.6 Å². The third-order valence-corrected chi connectivity index (χ3v) is 3.12. The van der Waals surface area contributed by atoms with Crippen molar-refractivity contribution in [2.45, 2.75) is 12.6 Å². The van der Waals surface area contributed by atoms with Gasteiger partial charge in [0, 0.05) is 13.6 Å². The average molecular weight is 258 g/mol. The van der Waals surface area contributed by atoms with Crippen molar-refractivity contribution in [2.75, 3.05) is 13.7 Å². The van der Waals surface area contributed by atoms with E-state index in [0.29, 0.717) is 6.54 Å². The fraction of sp³-hybridized carbons (Fsp3) is 0.267. The number of carbonyl (C=O) groups is 1. The van der Waals surface area contributed by atoms with E-state index in [-0.39, 0.29) is 12.5 Å². The maximum atomic E-state index is 11.8. The molecule has 0 heterocycles. The summed E-state index contributed by atoms with van der Waals surface area (Å²) in [5.74, 6) is -0.254. The zero-order chi connectivity index (χ0) is 13.8. The number of nitrogens with two attached hydrogens (primary N) is 1. The minimum absolute atomic E-state index is 0.254. The molecule has 4 heteroatoms. The summed E-state index contributed by atoms with van der Waals surface area (Å²) >= 11 is 0. The van der Waals surface area contributed by atoms with Crippen LogP contribution in [0, 0.1) is 0 Å². The number of aliphatic hydroxyl groups excluding tert-OH is 1. The quantitative estimate of drug-likeness (QED) is 0.863. The van der Waals surface area contributed by atoms with E-state index in [1.54, 1.807) is 7.05 Å². The number of benzene rings is 2. The van der Waals surface area contributed by atoms with E-state index in [0.717, 1.165) is 10.9 Å². The molecule has 1 atom stereocenters. The second-order valence-electron chi connectivity index (χ2n) is 4.66. The molecule has 0 spiro atoms. The molecule has 1 unspecified atom stereocenters. The molecule has 19 heavy (non-hydrogen) atoms. The molecule has 0 radical (unpaired) electrons. The summed E-state index contributed by atoms with van der Waals surface area (Å²) in [5, 5.41) is 11.2. The molecule has 2 aromatic carbocycles. The minimum atomic E-state index is -0.842. The molecule has 100 valence electrons. The normalized spacial score (nSPS) is 12.4. The smallest absolute Gasteiger partial charge is 0.241 e. The van der Waals surface area contributed by atoms with Gasteiger partial charge in [-0.3, -0.25) is 4.79 Å². The molecule has 4 nitrogen and oxygen atoms in total. The fourth-order valence-electron chi connectivity index (χ4n) is 2.05. The lowest BCUT2D eigenvalue weighted by Gasteiger charge is -2.20. The van der Waals surface area contributed by atoms with Gasteiger partial charge in [0.2, 0.25) is 5.91 Å². The van der Waals surface area contributed by atoms with E-state index in [2.05, 4.69) is 12.1 Å². The molecule has 3 N–H and O–H groups in total. The van der Waals surface area contributed by atoms with Gasteiger partial charge < -0.3 is 15.7 Å². The van der Waals surface area contributed by atoms with Crippen molar-refractivity contribution in [1.29, 1.82) is 0 Å². The van der Waals surface area contributed by atoms with Crippen LogP contribution in [0.5, 0.6) is 0 Å². The molecule has 2 aromatic rings. The van der Waals surface area contributed by atoms with Gasteiger partial charge in [-0.2, -0.15) is 0 Å². The van der Waals surface area contributed by atoms with Crippen molar-refractivity contribution < 1.29 is 9.90 Å². The van der Waals surface area contributed by atoms with Gasteiger partial charge in [-0.25, -0.2) is 0 Å². The summed E-state index contributed by atoms with van der Waals surface area (Å²) in [6.07, 6.45) is 0. The molecule has 0 aliphatic rings. The summed E-state index contributed by atoms with van der Waals surface area (Å²) in [7, 11) is 1.69. The van der Waals surface area contributed by atoms with Crippen LogP contribution in [0.15, 0.2) is 42.5 Å². The van der Waals surface area contributed by atoms with Crippen LogP contribution >= 0.6 is 0 Å². The SMILES string of the molecule is CN(Cc1ccc2ccccc2c1)C(=O)C(N)CO. The molecule has 0 aliphatic carbocycles. The van der Waals surface area contributed by atoms with E-state index in [1.807, 2.05) is 30.3 Å². The lowest BCUT2D eigenvalue weighted by Crippen LogP contribution is -2.43. The largest absolute Gasteiger partial charge is 0.394 e. The number of nitrogens with zero attached hydrogens (tertiary/aromatic N) is 1. The Balaban J connectivity index is 2.15. The first-order valence-corrected chi connectivity index (χ1v) is 6.21. The van der Waals surface area contributed by atoms with E-state index >= 15 is 0 Å². The number of rotatable bonds is 4. The van der Waals surface area contributed by atoms with Crippen molar-refractivity contribution >= 4 is 16.7 Å². The Morgan fingerprint density at radius 3 is 2.63 bits per heavy atom. The number of carbonyl (C=O) groups excluding carboxylic acids is 1. The van der Waals surface area contributed by atoms with Gasteiger partial charge in [-0.1, -0.05) is 36.4 Å². The molecule has 0 saturated heterocycles. The van der Waals surface area contributed by atoms with Gasteiger partial charge in [0.15, 0.2) is 0 Å². The van der Waals surface area contributed by atoms with E-state index in [1.165, 1.54) is 10.3 Å². The van der Waals surface area contributed by atoms with Crippen LogP contribution in [0.3, 0.4) is 0 Å². The Morgan fingerprint density at radius 2 is 1.95 bits per heavy atom. The topological polar surface area (TPSA) is 66.6 Å². The molecule has 0 bridgehead atoms. The number of aliphatic hydroxyl groups is 1. The summed E-state index contributed by atoms with van der Waals surface area (Å²) in [4.78, 5) is 13.3. The Hall–Kier alpha value is -1.91. The van der Waals surface area contributed by atoms with Gasteiger partial charge in [-0.05, 0) is 22.4 Å². The zero-order valence-electron chi connectivity index (χ0n) is 10.9. The van der Waals surface area contributed by atoms with Crippen molar-refractivity contribution in [1.82, 2.24) is 4.90 Å². The predicted molar refractivity (Wildman–Crippen MR) is 75.5 cm³/mol. The Kier molecular flexibility index (Phi) is 4.14. The highest BCUT2D eigenvalue weighted by Gasteiger charge is 2.16. The highest BCUT2D eigenvalue weighted by Crippen LogP contribution is 2.16. The van der Waals surface area contributed by atoms with Crippen LogP contribution in [0.1, 0.15) is 5.56 Å². The predicted octanol–water partition coefficient (Wildman–Crippen LogP) is 1.12. The minimum Gasteiger partial charge on any atom is -0.394 e. The van der Waals surface area contributed by atoms with E-state index in [9.17, 15) is 4.79 Å². The number of likely N-dealkylation sites (N-methyl/N-ethyl adjacent to an activating group) is 1. The third-order valence-electron chi connectivity index (χ3n) is 3.12. The number of hydrogen-bond acceptors (Lipinski definition) is 3. The van der Waals surface area contributed by atoms with Crippen molar-refractivity contribution in [2.24, 2.45) is 5.73 Å². The van der Waals surface area contributed by atoms with Crippen LogP contribution in [0.25, 0.3) is 10.8 Å². The van der Waals surface area contributed by atoms with Gasteiger partial charge >= 0.3 is 0 Å². The molecular weight excluding hydrogens is 240 g/mol. The molecule has 1 amide bonds. The third kappa shape index (κ3) is 3.10. The van der Waals surface area contributed by atoms with Gasteiger partial charge in [0.05, 0.1) is 6.61 Å². The molecular formula is C15H18N2O2. The summed E-state index contributed by atoms with van der Waals surface area (Å²) in [5.41, 5.74) is 6.56. The first kappa shape index (κ1) is 13.5. The molecule has 2 rings (SSSR count). The van der Waals surface area contributed by atoms with E-state index in [4.69, 9.17) is 10.8 Å². The monoisotopic (exact) mass is 258 g/mol. The van der Waals surface area contributed by atoms with Crippen molar-refractivity contribution in [3.8, 4) is 0 Å². The summed E-state index contributed by atoms with van der Waals surface area (Å²) in [6, 6.07) is 13.3. The highest BCUT2D eigenvalue weighted by atomic mass is 16.3. The number of hydrogen-bond donors (Lipinski definition) is 2. The fourth-order valence-corrected chi connectivity index (χ4v) is 2.05. The lowest BCUT2D eigenvalue weighted by atomic mass is 10.1. The highest BCUT2D eigenvalue weighted by molar-refractivity contribution is 5.84. The number of amides is 1. The Morgan fingerprint density at radius 1 is 1.26 bits per heavy atom. The van der Waals surface area contributed by atoms with Crippen LogP contribution < -0.4 is 5.73 Å². The van der Waals surface area contributed by atoms with Crippen LogP contribution in [-0.2, 0) is 11.3 Å². The zero-order valence-corrected chi connectivity index (χ0v) is 10.9. The molecule has 0 saturated carbocycles. The lowest BCUT2D eigenvalue weighted by molar-refractivity contribution is -0.132. The average Bonchev–Trinajstić information content (AvgIpc) is 2.45. The van der Waals surface area contributed by atoms with Crippen molar-refractivity contribution in [3.63, 3.8) is 0 Å². The number of fused-ring (bicyclic) bond motifs is 1. The maximum absolute atomic E-state index is 11.8. The maximum Gasteiger partial charge on any atom is 0.241 e. The van der Waals surface area contributed by atoms with Crippen LogP contribution in [0.2, 0.25) is 0 Å². The van der Waals surface area contributed by atoms with Crippen molar-refractivity contribution in [3.05, 3.63) is 48.0 Å².